The van der Waals surface area contributed by atoms with Crippen LogP contribution >= 0.6 is 0 Å². The van der Waals surface area contributed by atoms with Gasteiger partial charge in [-0.1, -0.05) is 45.0 Å². The topological polar surface area (TPSA) is 80.8 Å². The average molecular weight is 366 g/mol. The molecule has 27 heavy (non-hydrogen) atoms. The minimum Gasteiger partial charge on any atom is -0.458 e. The highest BCUT2D eigenvalue weighted by Gasteiger charge is 2.13. The van der Waals surface area contributed by atoms with Crippen LogP contribution in [-0.4, -0.2) is 25.9 Å². The maximum atomic E-state index is 11.9. The van der Waals surface area contributed by atoms with E-state index in [1.807, 2.05) is 0 Å². The fourth-order valence-corrected chi connectivity index (χ4v) is 2.87. The maximum absolute atomic E-state index is 11.9. The van der Waals surface area contributed by atoms with Gasteiger partial charge < -0.3 is 9.72 Å². The van der Waals surface area contributed by atoms with Crippen molar-refractivity contribution in [3.8, 4) is 0 Å². The standard InChI is InChI=1S/C21H26N4O2/c1-21(2,3)16-10-8-15(9-11-16)6-4-5-7-19(26)27-13-18-24-17-12-22-14-23-20(17)25-18/h8-12,14H,4-7,13H2,1-3H3,(H,22,23,24,25). The van der Waals surface area contributed by atoms with Crippen molar-refractivity contribution in [3.05, 3.63) is 53.7 Å². The maximum Gasteiger partial charge on any atom is 0.306 e. The molecule has 142 valence electrons. The van der Waals surface area contributed by atoms with Gasteiger partial charge in [-0.15, -0.1) is 0 Å². The molecule has 0 aliphatic rings. The Balaban J connectivity index is 1.37. The second-order valence-corrected chi connectivity index (χ2v) is 7.76. The van der Waals surface area contributed by atoms with E-state index in [0.29, 0.717) is 17.9 Å². The molecule has 0 aliphatic carbocycles. The van der Waals surface area contributed by atoms with Gasteiger partial charge in [-0.25, -0.2) is 15.0 Å². The number of nitrogens with one attached hydrogen (secondary N) is 1. The van der Waals surface area contributed by atoms with E-state index in [0.717, 1.165) is 24.8 Å². The van der Waals surface area contributed by atoms with E-state index in [-0.39, 0.29) is 18.0 Å². The molecule has 0 atom stereocenters. The summed E-state index contributed by atoms with van der Waals surface area (Å²) in [7, 11) is 0. The third-order valence-electron chi connectivity index (χ3n) is 4.50. The lowest BCUT2D eigenvalue weighted by molar-refractivity contribution is -0.145. The number of hydrogen-bond acceptors (Lipinski definition) is 5. The first-order chi connectivity index (χ1) is 12.9. The van der Waals surface area contributed by atoms with E-state index < -0.39 is 0 Å². The molecule has 3 rings (SSSR count). The molecule has 0 unspecified atom stereocenters. The summed E-state index contributed by atoms with van der Waals surface area (Å²) >= 11 is 0. The van der Waals surface area contributed by atoms with Crippen LogP contribution in [-0.2, 0) is 28.0 Å². The molecule has 1 aromatic carbocycles. The second-order valence-electron chi connectivity index (χ2n) is 7.76. The first-order valence-electron chi connectivity index (χ1n) is 9.31. The minimum absolute atomic E-state index is 0.128. The number of unbranched alkanes of at least 4 members (excludes halogenated alkanes) is 1. The molecule has 6 heteroatoms. The van der Waals surface area contributed by atoms with Crippen LogP contribution in [0.5, 0.6) is 0 Å². The minimum atomic E-state index is -0.204. The summed E-state index contributed by atoms with van der Waals surface area (Å²) in [5.74, 6) is 0.377. The van der Waals surface area contributed by atoms with E-state index in [9.17, 15) is 4.79 Å². The summed E-state index contributed by atoms with van der Waals surface area (Å²) < 4.78 is 5.28. The second kappa shape index (κ2) is 8.29. The Morgan fingerprint density at radius 2 is 1.93 bits per heavy atom. The lowest BCUT2D eigenvalue weighted by Crippen LogP contribution is -2.10. The molecule has 2 aromatic heterocycles. The number of esters is 1. The van der Waals surface area contributed by atoms with E-state index in [2.05, 4.69) is 65.0 Å². The number of aryl methyl sites for hydroxylation is 1. The van der Waals surface area contributed by atoms with Crippen molar-refractivity contribution in [1.82, 2.24) is 19.9 Å². The fraction of sp³-hybridized carbons (Fsp3) is 0.429. The predicted octanol–water partition coefficient (Wildman–Crippen LogP) is 4.11. The largest absolute Gasteiger partial charge is 0.458 e. The number of benzene rings is 1. The monoisotopic (exact) mass is 366 g/mol. The first kappa shape index (κ1) is 19.0. The van der Waals surface area contributed by atoms with Gasteiger partial charge >= 0.3 is 5.97 Å². The van der Waals surface area contributed by atoms with E-state index >= 15 is 0 Å². The quantitative estimate of drug-likeness (QED) is 0.503. The van der Waals surface area contributed by atoms with Crippen LogP contribution < -0.4 is 0 Å². The summed E-state index contributed by atoms with van der Waals surface area (Å²) in [5, 5.41) is 0. The first-order valence-corrected chi connectivity index (χ1v) is 9.31. The molecule has 0 amide bonds. The molecular weight excluding hydrogens is 340 g/mol. The lowest BCUT2D eigenvalue weighted by atomic mass is 9.86. The van der Waals surface area contributed by atoms with E-state index in [1.165, 1.54) is 17.5 Å². The molecule has 0 spiro atoms. The number of nitrogens with zero attached hydrogens (tertiary/aromatic N) is 3. The number of carbonyl (C=O) groups excluding carboxylic acids is 1. The number of hydrogen-bond donors (Lipinski definition) is 1. The van der Waals surface area contributed by atoms with Gasteiger partial charge in [0.05, 0.1) is 6.20 Å². The van der Waals surface area contributed by atoms with Crippen molar-refractivity contribution in [2.24, 2.45) is 0 Å². The van der Waals surface area contributed by atoms with Crippen LogP contribution in [0.1, 0.15) is 57.0 Å². The molecule has 2 heterocycles. The Kier molecular flexibility index (Phi) is 5.84. The number of carbonyl (C=O) groups is 1. The molecule has 0 aliphatic heterocycles. The number of imidazole rings is 1. The van der Waals surface area contributed by atoms with E-state index in [4.69, 9.17) is 4.74 Å². The van der Waals surface area contributed by atoms with Crippen molar-refractivity contribution in [1.29, 1.82) is 0 Å². The summed E-state index contributed by atoms with van der Waals surface area (Å²) in [6.45, 7) is 6.77. The van der Waals surface area contributed by atoms with Gasteiger partial charge in [-0.05, 0) is 35.8 Å². The number of rotatable bonds is 7. The third-order valence-corrected chi connectivity index (χ3v) is 4.50. The van der Waals surface area contributed by atoms with Crippen LogP contribution in [0.2, 0.25) is 0 Å². The number of aromatic amines is 1. The van der Waals surface area contributed by atoms with Crippen molar-refractivity contribution in [3.63, 3.8) is 0 Å². The van der Waals surface area contributed by atoms with E-state index in [1.54, 1.807) is 6.20 Å². The SMILES string of the molecule is CC(C)(C)c1ccc(CCCCC(=O)OCc2nc3ncncc3[nH]2)cc1. The zero-order valence-electron chi connectivity index (χ0n) is 16.2. The normalized spacial score (nSPS) is 11.7. The molecule has 3 aromatic rings. The zero-order chi connectivity index (χ0) is 19.3. The van der Waals surface area contributed by atoms with Crippen molar-refractivity contribution in [2.75, 3.05) is 0 Å². The molecular formula is C21H26N4O2. The molecule has 1 N–H and O–H groups in total. The molecule has 6 nitrogen and oxygen atoms in total. The number of aromatic nitrogens is 4. The molecule has 0 radical (unpaired) electrons. The Bertz CT molecular complexity index is 861. The average Bonchev–Trinajstić information content (AvgIpc) is 3.06. The van der Waals surface area contributed by atoms with Gasteiger partial charge in [0.2, 0.25) is 0 Å². The van der Waals surface area contributed by atoms with Crippen molar-refractivity contribution in [2.45, 2.75) is 58.5 Å². The van der Waals surface area contributed by atoms with Gasteiger partial charge in [-0.3, -0.25) is 4.79 Å². The van der Waals surface area contributed by atoms with Crippen molar-refractivity contribution < 1.29 is 9.53 Å². The van der Waals surface area contributed by atoms with Gasteiger partial charge in [0.15, 0.2) is 5.65 Å². The highest BCUT2D eigenvalue weighted by Crippen LogP contribution is 2.22. The van der Waals surface area contributed by atoms with Gasteiger partial charge in [0, 0.05) is 6.42 Å². The summed E-state index contributed by atoms with van der Waals surface area (Å²) in [4.78, 5) is 27.2. The van der Waals surface area contributed by atoms with Crippen LogP contribution in [0.15, 0.2) is 36.8 Å². The van der Waals surface area contributed by atoms with Gasteiger partial charge in [0.1, 0.15) is 24.3 Å². The Labute approximate surface area is 159 Å². The van der Waals surface area contributed by atoms with Crippen LogP contribution in [0, 0.1) is 0 Å². The number of fused-ring (bicyclic) bond motifs is 1. The third kappa shape index (κ3) is 5.36. The van der Waals surface area contributed by atoms with Crippen LogP contribution in [0.25, 0.3) is 11.2 Å². The highest BCUT2D eigenvalue weighted by molar-refractivity contribution is 5.70. The van der Waals surface area contributed by atoms with Gasteiger partial charge in [0.25, 0.3) is 0 Å². The molecule has 0 bridgehead atoms. The zero-order valence-corrected chi connectivity index (χ0v) is 16.2. The molecule has 0 fully saturated rings. The Morgan fingerprint density at radius 1 is 1.15 bits per heavy atom. The fourth-order valence-electron chi connectivity index (χ4n) is 2.87. The predicted molar refractivity (Wildman–Crippen MR) is 104 cm³/mol. The summed E-state index contributed by atoms with van der Waals surface area (Å²) in [6.07, 6.45) is 6.25. The summed E-state index contributed by atoms with van der Waals surface area (Å²) in [5.41, 5.74) is 4.13. The smallest absolute Gasteiger partial charge is 0.306 e. The highest BCUT2D eigenvalue weighted by atomic mass is 16.5. The Morgan fingerprint density at radius 3 is 2.63 bits per heavy atom. The van der Waals surface area contributed by atoms with Crippen LogP contribution in [0.3, 0.4) is 0 Å². The molecule has 0 saturated carbocycles. The van der Waals surface area contributed by atoms with Gasteiger partial charge in [-0.2, -0.15) is 0 Å². The lowest BCUT2D eigenvalue weighted by Gasteiger charge is -2.19. The Hall–Kier alpha value is -2.76. The molecule has 0 saturated heterocycles. The van der Waals surface area contributed by atoms with Crippen molar-refractivity contribution >= 4 is 17.1 Å². The van der Waals surface area contributed by atoms with Crippen LogP contribution in [0.4, 0.5) is 0 Å². The summed E-state index contributed by atoms with van der Waals surface area (Å²) in [6, 6.07) is 8.76. The number of ether oxygens (including phenoxy) is 1. The number of H-pyrrole nitrogens is 1.